The highest BCUT2D eigenvalue weighted by Crippen LogP contribution is 2.16. The Morgan fingerprint density at radius 2 is 1.69 bits per heavy atom. The van der Waals surface area contributed by atoms with E-state index in [1.54, 1.807) is 19.2 Å². The summed E-state index contributed by atoms with van der Waals surface area (Å²) in [5.41, 5.74) is 2.17. The Hall–Kier alpha value is -3.12. The van der Waals surface area contributed by atoms with Crippen molar-refractivity contribution in [2.45, 2.75) is 6.54 Å². The molecule has 0 saturated carbocycles. The third kappa shape index (κ3) is 4.70. The Balaban J connectivity index is 1.56. The van der Waals surface area contributed by atoms with Crippen LogP contribution in [0.25, 0.3) is 0 Å². The first-order valence-corrected chi connectivity index (χ1v) is 8.27. The number of halogens is 1. The second-order valence-corrected chi connectivity index (χ2v) is 5.89. The predicted octanol–water partition coefficient (Wildman–Crippen LogP) is 3.81. The number of benzene rings is 2. The summed E-state index contributed by atoms with van der Waals surface area (Å²) in [7, 11) is 1.61. The lowest BCUT2D eigenvalue weighted by atomic mass is 10.2. The number of carbonyl (C=O) groups is 1. The minimum absolute atomic E-state index is 0.237. The maximum Gasteiger partial charge on any atom is 0.254 e. The third-order valence-electron chi connectivity index (χ3n) is 3.63. The van der Waals surface area contributed by atoms with Gasteiger partial charge in [0.05, 0.1) is 12.7 Å². The number of nitrogens with zero attached hydrogens (tertiary/aromatic N) is 2. The maximum atomic E-state index is 12.2. The number of ether oxygens (including phenoxy) is 1. The normalized spacial score (nSPS) is 10.2. The average molecular weight is 369 g/mol. The van der Waals surface area contributed by atoms with Crippen molar-refractivity contribution in [2.75, 3.05) is 12.4 Å². The van der Waals surface area contributed by atoms with Crippen molar-refractivity contribution >= 4 is 29.1 Å². The van der Waals surface area contributed by atoms with E-state index in [1.807, 2.05) is 36.4 Å². The molecular formula is C19H17ClN4O2. The lowest BCUT2D eigenvalue weighted by molar-refractivity contribution is 0.0950. The molecule has 0 unspecified atom stereocenters. The molecule has 0 bridgehead atoms. The van der Waals surface area contributed by atoms with Crippen LogP contribution in [0.1, 0.15) is 15.9 Å². The molecule has 26 heavy (non-hydrogen) atoms. The van der Waals surface area contributed by atoms with Crippen LogP contribution in [0.5, 0.6) is 5.75 Å². The molecule has 0 radical (unpaired) electrons. The molecule has 0 fully saturated rings. The number of hydrogen-bond acceptors (Lipinski definition) is 5. The van der Waals surface area contributed by atoms with Crippen LogP contribution >= 0.6 is 11.6 Å². The second-order valence-electron chi connectivity index (χ2n) is 5.46. The molecule has 0 aliphatic heterocycles. The zero-order chi connectivity index (χ0) is 18.4. The number of aromatic nitrogens is 2. The van der Waals surface area contributed by atoms with Gasteiger partial charge >= 0.3 is 0 Å². The summed E-state index contributed by atoms with van der Waals surface area (Å²) >= 11 is 5.85. The molecule has 1 aromatic heterocycles. The van der Waals surface area contributed by atoms with Gasteiger partial charge in [-0.1, -0.05) is 23.7 Å². The van der Waals surface area contributed by atoms with Crippen LogP contribution in [0.4, 0.5) is 11.6 Å². The Morgan fingerprint density at radius 1 is 1.04 bits per heavy atom. The smallest absolute Gasteiger partial charge is 0.254 e. The molecule has 132 valence electrons. The van der Waals surface area contributed by atoms with Crippen molar-refractivity contribution in [3.63, 3.8) is 0 Å². The molecule has 2 aromatic carbocycles. The Kier molecular flexibility index (Phi) is 5.66. The highest BCUT2D eigenvalue weighted by atomic mass is 35.5. The first-order chi connectivity index (χ1) is 12.6. The Bertz CT molecular complexity index is 866. The van der Waals surface area contributed by atoms with Crippen molar-refractivity contribution in [3.8, 4) is 5.75 Å². The van der Waals surface area contributed by atoms with Crippen LogP contribution in [0, 0.1) is 0 Å². The summed E-state index contributed by atoms with van der Waals surface area (Å²) in [6, 6.07) is 14.7. The van der Waals surface area contributed by atoms with E-state index in [0.717, 1.165) is 17.0 Å². The molecule has 0 spiro atoms. The standard InChI is InChI=1S/C19H17ClN4O2/c1-26-17-8-2-13(3-9-17)10-21-18(25)14-11-22-19(23-12-14)24-16-6-4-15(20)5-7-16/h2-9,11-12H,10H2,1H3,(H,21,25)(H,22,23,24). The summed E-state index contributed by atoms with van der Waals surface area (Å²) in [6.45, 7) is 0.410. The molecule has 1 heterocycles. The van der Waals surface area contributed by atoms with Gasteiger partial charge in [-0.3, -0.25) is 4.79 Å². The summed E-state index contributed by atoms with van der Waals surface area (Å²) < 4.78 is 5.11. The number of amides is 1. The van der Waals surface area contributed by atoms with Crippen molar-refractivity contribution in [1.82, 2.24) is 15.3 Å². The number of rotatable bonds is 6. The molecule has 2 N–H and O–H groups in total. The van der Waals surface area contributed by atoms with Gasteiger partial charge in [-0.05, 0) is 42.0 Å². The second kappa shape index (κ2) is 8.31. The molecule has 7 heteroatoms. The Labute approximate surface area is 156 Å². The van der Waals surface area contributed by atoms with Crippen LogP contribution in [-0.4, -0.2) is 23.0 Å². The van der Waals surface area contributed by atoms with Gasteiger partial charge in [0, 0.05) is 29.6 Å². The van der Waals surface area contributed by atoms with E-state index in [4.69, 9.17) is 16.3 Å². The van der Waals surface area contributed by atoms with Crippen molar-refractivity contribution in [2.24, 2.45) is 0 Å². The van der Waals surface area contributed by atoms with E-state index >= 15 is 0 Å². The molecule has 0 aliphatic rings. The van der Waals surface area contributed by atoms with Gasteiger partial charge in [0.1, 0.15) is 5.75 Å². The summed E-state index contributed by atoms with van der Waals surface area (Å²) in [6.07, 6.45) is 2.96. The van der Waals surface area contributed by atoms with E-state index in [0.29, 0.717) is 23.1 Å². The van der Waals surface area contributed by atoms with Crippen LogP contribution in [0.2, 0.25) is 5.02 Å². The quantitative estimate of drug-likeness (QED) is 0.691. The highest BCUT2D eigenvalue weighted by molar-refractivity contribution is 6.30. The lowest BCUT2D eigenvalue weighted by Crippen LogP contribution is -2.23. The first-order valence-electron chi connectivity index (χ1n) is 7.90. The SMILES string of the molecule is COc1ccc(CNC(=O)c2cnc(Nc3ccc(Cl)cc3)nc2)cc1. The molecule has 3 aromatic rings. The number of nitrogens with one attached hydrogen (secondary N) is 2. The minimum Gasteiger partial charge on any atom is -0.497 e. The molecule has 3 rings (SSSR count). The molecule has 0 saturated heterocycles. The highest BCUT2D eigenvalue weighted by Gasteiger charge is 2.07. The van der Waals surface area contributed by atoms with Gasteiger partial charge in [-0.25, -0.2) is 9.97 Å². The predicted molar refractivity (Wildman–Crippen MR) is 101 cm³/mol. The fraction of sp³-hybridized carbons (Fsp3) is 0.105. The Morgan fingerprint density at radius 3 is 2.31 bits per heavy atom. The van der Waals surface area contributed by atoms with Gasteiger partial charge in [-0.15, -0.1) is 0 Å². The van der Waals surface area contributed by atoms with Crippen LogP contribution in [-0.2, 0) is 6.54 Å². The van der Waals surface area contributed by atoms with Crippen molar-refractivity contribution < 1.29 is 9.53 Å². The van der Waals surface area contributed by atoms with E-state index in [9.17, 15) is 4.79 Å². The molecule has 6 nitrogen and oxygen atoms in total. The van der Waals surface area contributed by atoms with Gasteiger partial charge in [0.2, 0.25) is 5.95 Å². The van der Waals surface area contributed by atoms with Crippen LogP contribution in [0.15, 0.2) is 60.9 Å². The van der Waals surface area contributed by atoms with Gasteiger partial charge in [0.25, 0.3) is 5.91 Å². The number of carbonyl (C=O) groups excluding carboxylic acids is 1. The third-order valence-corrected chi connectivity index (χ3v) is 3.88. The summed E-state index contributed by atoms with van der Waals surface area (Å²) in [5, 5.41) is 6.53. The van der Waals surface area contributed by atoms with Crippen molar-refractivity contribution in [3.05, 3.63) is 77.1 Å². The minimum atomic E-state index is -0.237. The molecule has 0 aliphatic carbocycles. The summed E-state index contributed by atoms with van der Waals surface area (Å²) in [5.74, 6) is 0.940. The monoisotopic (exact) mass is 368 g/mol. The number of methoxy groups -OCH3 is 1. The first kappa shape index (κ1) is 17.7. The van der Waals surface area contributed by atoms with E-state index in [2.05, 4.69) is 20.6 Å². The maximum absolute atomic E-state index is 12.2. The molecular weight excluding hydrogens is 352 g/mol. The van der Waals surface area contributed by atoms with Gasteiger partial charge in [0.15, 0.2) is 0 Å². The fourth-order valence-corrected chi connectivity index (χ4v) is 2.33. The van der Waals surface area contributed by atoms with E-state index < -0.39 is 0 Å². The molecule has 0 atom stereocenters. The lowest BCUT2D eigenvalue weighted by Gasteiger charge is -2.07. The largest absolute Gasteiger partial charge is 0.497 e. The topological polar surface area (TPSA) is 76.1 Å². The zero-order valence-electron chi connectivity index (χ0n) is 14.1. The van der Waals surface area contributed by atoms with Crippen molar-refractivity contribution in [1.29, 1.82) is 0 Å². The van der Waals surface area contributed by atoms with E-state index in [1.165, 1.54) is 12.4 Å². The fourth-order valence-electron chi connectivity index (χ4n) is 2.20. The van der Waals surface area contributed by atoms with Gasteiger partial charge < -0.3 is 15.4 Å². The van der Waals surface area contributed by atoms with Crippen LogP contribution < -0.4 is 15.4 Å². The zero-order valence-corrected chi connectivity index (χ0v) is 14.8. The van der Waals surface area contributed by atoms with Crippen LogP contribution in [0.3, 0.4) is 0 Å². The number of hydrogen-bond donors (Lipinski definition) is 2. The average Bonchev–Trinajstić information content (AvgIpc) is 2.69. The number of anilines is 2. The summed E-state index contributed by atoms with van der Waals surface area (Å²) in [4.78, 5) is 20.5. The van der Waals surface area contributed by atoms with E-state index in [-0.39, 0.29) is 5.91 Å². The van der Waals surface area contributed by atoms with Gasteiger partial charge in [-0.2, -0.15) is 0 Å². The molecule has 1 amide bonds.